The minimum absolute atomic E-state index is 0.217. The van der Waals surface area contributed by atoms with E-state index in [0.29, 0.717) is 11.1 Å². The average molecular weight is 710 g/mol. The number of benzene rings is 2. The number of hydrogen-bond donors (Lipinski definition) is 2. The standard InChI is InChI=1S/C32H40NO15P/c1-20(34)33-28-26(45-21(2)35)16-32(39,31(38)41-5)48-30(28)29(47-23(4)37)27(46-22(3)36)19-44-49(40,42-17-24-12-8-6-9-13-24)43-18-25-14-10-7-11-15-25/h6-15,26-30,39H,16-19H2,1-5H3,(H,33,34)/t26-,27+,28+,29+,30+,32-/m0/s1. The number of ether oxygens (including phenoxy) is 5. The molecular formula is C32H40NO15P. The van der Waals surface area contributed by atoms with Gasteiger partial charge >= 0.3 is 31.7 Å². The molecule has 16 nitrogen and oxygen atoms in total. The fraction of sp³-hybridized carbons (Fsp3) is 0.469. The van der Waals surface area contributed by atoms with E-state index >= 15 is 0 Å². The molecule has 6 atom stereocenters. The lowest BCUT2D eigenvalue weighted by Gasteiger charge is -2.47. The molecule has 0 saturated carbocycles. The van der Waals surface area contributed by atoms with Gasteiger partial charge in [0.05, 0.1) is 39.4 Å². The largest absolute Gasteiger partial charge is 0.475 e. The summed E-state index contributed by atoms with van der Waals surface area (Å²) >= 11 is 0. The lowest BCUT2D eigenvalue weighted by atomic mass is 9.88. The van der Waals surface area contributed by atoms with Crippen LogP contribution < -0.4 is 5.32 Å². The van der Waals surface area contributed by atoms with E-state index in [1.807, 2.05) is 0 Å². The number of phosphoric acid groups is 1. The van der Waals surface area contributed by atoms with Crippen LogP contribution in [0.4, 0.5) is 0 Å². The summed E-state index contributed by atoms with van der Waals surface area (Å²) < 4.78 is 57.7. The van der Waals surface area contributed by atoms with Crippen LogP contribution in [0.15, 0.2) is 60.7 Å². The summed E-state index contributed by atoms with van der Waals surface area (Å²) in [5.74, 6) is -7.54. The van der Waals surface area contributed by atoms with Crippen LogP contribution in [0.1, 0.15) is 45.2 Å². The van der Waals surface area contributed by atoms with Gasteiger partial charge in [-0.05, 0) is 11.1 Å². The molecule has 2 aromatic rings. The van der Waals surface area contributed by atoms with Crippen molar-refractivity contribution >= 4 is 37.6 Å². The van der Waals surface area contributed by atoms with Crippen LogP contribution in [-0.2, 0) is 79.0 Å². The first kappa shape index (κ1) is 39.3. The highest BCUT2D eigenvalue weighted by molar-refractivity contribution is 7.48. The second-order valence-corrected chi connectivity index (χ2v) is 12.6. The smallest absolute Gasteiger partial charge is 0.465 e. The highest BCUT2D eigenvalue weighted by atomic mass is 31.2. The third-order valence-electron chi connectivity index (χ3n) is 6.93. The summed E-state index contributed by atoms with van der Waals surface area (Å²) in [4.78, 5) is 61.9. The maximum atomic E-state index is 14.0. The molecule has 49 heavy (non-hydrogen) atoms. The molecule has 2 N–H and O–H groups in total. The lowest BCUT2D eigenvalue weighted by Crippen LogP contribution is -2.68. The number of carbonyl (C=O) groups is 5. The van der Waals surface area contributed by atoms with Crippen LogP contribution in [-0.4, -0.2) is 84.9 Å². The lowest BCUT2D eigenvalue weighted by molar-refractivity contribution is -0.299. The van der Waals surface area contributed by atoms with Crippen molar-refractivity contribution in [2.75, 3.05) is 13.7 Å². The Kier molecular flexibility index (Phi) is 14.4. The van der Waals surface area contributed by atoms with Gasteiger partial charge in [0.15, 0.2) is 12.2 Å². The fourth-order valence-electron chi connectivity index (χ4n) is 4.95. The summed E-state index contributed by atoms with van der Waals surface area (Å²) in [5, 5.41) is 13.8. The summed E-state index contributed by atoms with van der Waals surface area (Å²) in [6, 6.07) is 16.0. The summed E-state index contributed by atoms with van der Waals surface area (Å²) in [5.41, 5.74) is 1.24. The molecule has 2 aromatic carbocycles. The molecule has 1 fully saturated rings. The van der Waals surface area contributed by atoms with Crippen molar-refractivity contribution in [2.45, 2.75) is 83.6 Å². The molecule has 0 bridgehead atoms. The van der Waals surface area contributed by atoms with Crippen LogP contribution in [0, 0.1) is 0 Å². The molecule has 17 heteroatoms. The third kappa shape index (κ3) is 12.0. The second-order valence-electron chi connectivity index (χ2n) is 10.9. The van der Waals surface area contributed by atoms with Crippen LogP contribution in [0.25, 0.3) is 0 Å². The van der Waals surface area contributed by atoms with E-state index in [4.69, 9.17) is 32.5 Å². The van der Waals surface area contributed by atoms with E-state index in [-0.39, 0.29) is 13.2 Å². The van der Waals surface area contributed by atoms with Crippen LogP contribution in [0.5, 0.6) is 0 Å². The SMILES string of the molecule is COC(=O)[C@]1(O)C[C@H](OC(C)=O)[C@@H](NC(C)=O)[C@H]([C@H](OC(C)=O)[C@@H](COP(=O)(OCc2ccccc2)OCc2ccccc2)OC(C)=O)O1. The number of esters is 4. The van der Waals surface area contributed by atoms with Gasteiger partial charge in [0.2, 0.25) is 5.91 Å². The molecule has 0 unspecified atom stereocenters. The third-order valence-corrected chi connectivity index (χ3v) is 8.28. The van der Waals surface area contributed by atoms with E-state index in [1.165, 1.54) is 0 Å². The van der Waals surface area contributed by atoms with Gasteiger partial charge in [-0.2, -0.15) is 0 Å². The van der Waals surface area contributed by atoms with Crippen molar-refractivity contribution in [1.29, 1.82) is 0 Å². The van der Waals surface area contributed by atoms with Crippen molar-refractivity contribution in [3.63, 3.8) is 0 Å². The van der Waals surface area contributed by atoms with Crippen LogP contribution in [0.3, 0.4) is 0 Å². The predicted octanol–water partition coefficient (Wildman–Crippen LogP) is 2.50. The molecule has 1 amide bonds. The Hall–Kier alpha value is -4.18. The van der Waals surface area contributed by atoms with Gasteiger partial charge in [-0.15, -0.1) is 0 Å². The number of methoxy groups -OCH3 is 1. The van der Waals surface area contributed by atoms with E-state index in [9.17, 15) is 33.6 Å². The molecule has 1 heterocycles. The minimum atomic E-state index is -4.51. The average Bonchev–Trinajstić information content (AvgIpc) is 3.05. The molecular weight excluding hydrogens is 669 g/mol. The molecule has 0 aliphatic carbocycles. The van der Waals surface area contributed by atoms with Gasteiger partial charge in [-0.25, -0.2) is 9.36 Å². The van der Waals surface area contributed by atoms with Gasteiger partial charge in [-0.1, -0.05) is 60.7 Å². The van der Waals surface area contributed by atoms with Crippen LogP contribution >= 0.6 is 7.82 Å². The molecule has 1 aliphatic heterocycles. The van der Waals surface area contributed by atoms with Gasteiger partial charge in [0.25, 0.3) is 5.79 Å². The van der Waals surface area contributed by atoms with Crippen molar-refractivity contribution in [3.05, 3.63) is 71.8 Å². The first-order valence-corrected chi connectivity index (χ1v) is 16.5. The number of nitrogens with one attached hydrogen (secondary N) is 1. The first-order chi connectivity index (χ1) is 23.1. The maximum Gasteiger partial charge on any atom is 0.475 e. The topological polar surface area (TPSA) is 209 Å². The van der Waals surface area contributed by atoms with Crippen molar-refractivity contribution in [1.82, 2.24) is 5.32 Å². The first-order valence-electron chi connectivity index (χ1n) is 15.0. The fourth-order valence-corrected chi connectivity index (χ4v) is 6.11. The number of rotatable bonds is 16. The molecule has 0 radical (unpaired) electrons. The summed E-state index contributed by atoms with van der Waals surface area (Å²) in [6.07, 6.45) is -7.48. The summed E-state index contributed by atoms with van der Waals surface area (Å²) in [6.45, 7) is 2.93. The van der Waals surface area contributed by atoms with E-state index in [1.54, 1.807) is 60.7 Å². The Morgan fingerprint density at radius 2 is 1.39 bits per heavy atom. The van der Waals surface area contributed by atoms with Crippen molar-refractivity contribution in [2.24, 2.45) is 0 Å². The van der Waals surface area contributed by atoms with Gasteiger partial charge in [0.1, 0.15) is 12.2 Å². The normalized spacial score (nSPS) is 21.8. The predicted molar refractivity (Wildman–Crippen MR) is 167 cm³/mol. The number of carbonyl (C=O) groups excluding carboxylic acids is 5. The van der Waals surface area contributed by atoms with Crippen molar-refractivity contribution < 1.29 is 70.9 Å². The zero-order valence-corrected chi connectivity index (χ0v) is 28.5. The maximum absolute atomic E-state index is 14.0. The number of phosphoric ester groups is 1. The Labute approximate surface area is 282 Å². The van der Waals surface area contributed by atoms with Gasteiger partial charge < -0.3 is 34.1 Å². The highest BCUT2D eigenvalue weighted by Gasteiger charge is 2.57. The molecule has 1 aliphatic rings. The van der Waals surface area contributed by atoms with E-state index in [0.717, 1.165) is 34.8 Å². The summed E-state index contributed by atoms with van der Waals surface area (Å²) in [7, 11) is -3.55. The monoisotopic (exact) mass is 709 g/mol. The highest BCUT2D eigenvalue weighted by Crippen LogP contribution is 2.51. The number of hydrogen-bond acceptors (Lipinski definition) is 15. The second kappa shape index (κ2) is 18.0. The zero-order valence-electron chi connectivity index (χ0n) is 27.6. The quantitative estimate of drug-likeness (QED) is 0.146. The molecule has 0 spiro atoms. The van der Waals surface area contributed by atoms with Gasteiger partial charge in [0, 0.05) is 27.7 Å². The van der Waals surface area contributed by atoms with Gasteiger partial charge in [-0.3, -0.25) is 32.7 Å². The Morgan fingerprint density at radius 3 is 1.84 bits per heavy atom. The molecule has 268 valence electrons. The Bertz CT molecular complexity index is 1440. The molecule has 3 rings (SSSR count). The minimum Gasteiger partial charge on any atom is -0.465 e. The number of aliphatic hydroxyl groups is 1. The Balaban J connectivity index is 2.03. The zero-order chi connectivity index (χ0) is 36.2. The van der Waals surface area contributed by atoms with Crippen LogP contribution in [0.2, 0.25) is 0 Å². The van der Waals surface area contributed by atoms with Crippen molar-refractivity contribution in [3.8, 4) is 0 Å². The van der Waals surface area contributed by atoms with E-state index in [2.05, 4.69) is 10.1 Å². The Morgan fingerprint density at radius 1 is 0.857 bits per heavy atom. The van der Waals surface area contributed by atoms with E-state index < -0.39 is 86.9 Å². The number of amides is 1. The molecule has 1 saturated heterocycles. The molecule has 0 aromatic heterocycles.